The van der Waals surface area contributed by atoms with Crippen LogP contribution in [-0.4, -0.2) is 17.0 Å². The van der Waals surface area contributed by atoms with Gasteiger partial charge in [-0.05, 0) is 42.4 Å². The summed E-state index contributed by atoms with van der Waals surface area (Å²) in [5.41, 5.74) is 0.993. The zero-order valence-corrected chi connectivity index (χ0v) is 12.3. The van der Waals surface area contributed by atoms with Gasteiger partial charge in [-0.15, -0.1) is 0 Å². The average Bonchev–Trinajstić information content (AvgIpc) is 2.32. The Morgan fingerprint density at radius 3 is 3.12 bits per heavy atom. The smallest absolute Gasteiger partial charge is 0.123 e. The molecule has 1 aromatic rings. The highest BCUT2D eigenvalue weighted by Gasteiger charge is 2.21. The largest absolute Gasteiger partial charge is 0.309 e. The average molecular weight is 318 g/mol. The van der Waals surface area contributed by atoms with E-state index >= 15 is 0 Å². The van der Waals surface area contributed by atoms with Crippen molar-refractivity contribution in [1.82, 2.24) is 5.32 Å². The highest BCUT2D eigenvalue weighted by Crippen LogP contribution is 2.26. The van der Waals surface area contributed by atoms with Gasteiger partial charge in [0.15, 0.2) is 0 Å². The Bertz CT molecular complexity index is 386. The number of nitrogens with one attached hydrogen (secondary N) is 1. The molecule has 0 aliphatic carbocycles. The van der Waals surface area contributed by atoms with Crippen LogP contribution in [0.25, 0.3) is 0 Å². The van der Waals surface area contributed by atoms with Crippen molar-refractivity contribution in [1.29, 1.82) is 0 Å². The number of thioether (sulfide) groups is 1. The first-order valence-electron chi connectivity index (χ1n) is 5.96. The van der Waals surface area contributed by atoms with Crippen molar-refractivity contribution in [2.75, 3.05) is 5.75 Å². The van der Waals surface area contributed by atoms with Crippen LogP contribution in [0.1, 0.15) is 25.3 Å². The maximum absolute atomic E-state index is 13.1. The summed E-state index contributed by atoms with van der Waals surface area (Å²) in [5, 5.41) is 4.19. The Hall–Kier alpha value is -0.0600. The molecule has 2 atom stereocenters. The van der Waals surface area contributed by atoms with Crippen molar-refractivity contribution in [3.8, 4) is 0 Å². The molecule has 1 aliphatic heterocycles. The minimum absolute atomic E-state index is 0.170. The minimum Gasteiger partial charge on any atom is -0.309 e. The van der Waals surface area contributed by atoms with Crippen LogP contribution >= 0.6 is 27.7 Å². The van der Waals surface area contributed by atoms with Gasteiger partial charge in [-0.2, -0.15) is 11.8 Å². The maximum atomic E-state index is 13.1. The minimum atomic E-state index is -0.170. The van der Waals surface area contributed by atoms with Crippen LogP contribution in [0.3, 0.4) is 0 Å². The van der Waals surface area contributed by atoms with E-state index in [0.29, 0.717) is 11.3 Å². The molecule has 1 fully saturated rings. The molecule has 0 aromatic heterocycles. The maximum Gasteiger partial charge on any atom is 0.123 e. The molecule has 1 saturated heterocycles. The van der Waals surface area contributed by atoms with Gasteiger partial charge in [0, 0.05) is 22.3 Å². The zero-order valence-electron chi connectivity index (χ0n) is 9.88. The van der Waals surface area contributed by atoms with Crippen molar-refractivity contribution in [2.24, 2.45) is 0 Å². The Labute approximate surface area is 115 Å². The van der Waals surface area contributed by atoms with E-state index in [4.69, 9.17) is 0 Å². The quantitative estimate of drug-likeness (QED) is 0.905. The van der Waals surface area contributed by atoms with E-state index in [1.165, 1.54) is 24.7 Å². The van der Waals surface area contributed by atoms with Gasteiger partial charge in [-0.3, -0.25) is 0 Å². The number of rotatable bonds is 3. The van der Waals surface area contributed by atoms with Gasteiger partial charge < -0.3 is 5.32 Å². The van der Waals surface area contributed by atoms with Crippen LogP contribution in [-0.2, 0) is 6.54 Å². The summed E-state index contributed by atoms with van der Waals surface area (Å²) >= 11 is 5.48. The predicted octanol–water partition coefficient (Wildman–Crippen LogP) is 3.96. The van der Waals surface area contributed by atoms with Gasteiger partial charge in [0.1, 0.15) is 5.82 Å². The lowest BCUT2D eigenvalue weighted by atomic mass is 10.1. The molecule has 4 heteroatoms. The molecule has 1 aliphatic rings. The summed E-state index contributed by atoms with van der Waals surface area (Å²) in [6, 6.07) is 5.39. The van der Waals surface area contributed by atoms with Crippen LogP contribution in [0, 0.1) is 5.82 Å². The molecule has 17 heavy (non-hydrogen) atoms. The molecular weight excluding hydrogens is 301 g/mol. The lowest BCUT2D eigenvalue weighted by Crippen LogP contribution is -2.38. The van der Waals surface area contributed by atoms with Gasteiger partial charge in [-0.1, -0.05) is 22.9 Å². The highest BCUT2D eigenvalue weighted by atomic mass is 79.9. The molecule has 1 aromatic carbocycles. The van der Waals surface area contributed by atoms with Crippen molar-refractivity contribution in [3.05, 3.63) is 34.1 Å². The SMILES string of the molecule is CC1SCCCC1NCc1cc(F)ccc1Br. The zero-order chi connectivity index (χ0) is 12.3. The topological polar surface area (TPSA) is 12.0 Å². The normalized spacial score (nSPS) is 24.9. The number of benzene rings is 1. The molecule has 1 nitrogen and oxygen atoms in total. The van der Waals surface area contributed by atoms with Crippen LogP contribution in [0.15, 0.2) is 22.7 Å². The molecule has 1 N–H and O–H groups in total. The van der Waals surface area contributed by atoms with Crippen LogP contribution < -0.4 is 5.32 Å². The molecule has 2 rings (SSSR count). The highest BCUT2D eigenvalue weighted by molar-refractivity contribution is 9.10. The summed E-state index contributed by atoms with van der Waals surface area (Å²) in [6.45, 7) is 3.00. The van der Waals surface area contributed by atoms with E-state index in [0.717, 1.165) is 16.6 Å². The Morgan fingerprint density at radius 1 is 1.53 bits per heavy atom. The molecule has 0 radical (unpaired) electrons. The van der Waals surface area contributed by atoms with Gasteiger partial charge in [-0.25, -0.2) is 4.39 Å². The molecule has 0 amide bonds. The van der Waals surface area contributed by atoms with Gasteiger partial charge in [0.2, 0.25) is 0 Å². The monoisotopic (exact) mass is 317 g/mol. The number of halogens is 2. The van der Waals surface area contributed by atoms with E-state index in [1.54, 1.807) is 12.1 Å². The van der Waals surface area contributed by atoms with Crippen LogP contribution in [0.4, 0.5) is 4.39 Å². The fourth-order valence-corrected chi connectivity index (χ4v) is 3.67. The van der Waals surface area contributed by atoms with Gasteiger partial charge in [0.25, 0.3) is 0 Å². The van der Waals surface area contributed by atoms with Crippen LogP contribution in [0.2, 0.25) is 0 Å². The van der Waals surface area contributed by atoms with Gasteiger partial charge >= 0.3 is 0 Å². The second kappa shape index (κ2) is 6.21. The predicted molar refractivity (Wildman–Crippen MR) is 75.9 cm³/mol. The molecule has 2 unspecified atom stereocenters. The van der Waals surface area contributed by atoms with Crippen molar-refractivity contribution in [2.45, 2.75) is 37.6 Å². The van der Waals surface area contributed by atoms with Crippen LogP contribution in [0.5, 0.6) is 0 Å². The first kappa shape index (κ1) is 13.4. The summed E-state index contributed by atoms with van der Waals surface area (Å²) in [7, 11) is 0. The Balaban J connectivity index is 1.94. The van der Waals surface area contributed by atoms with E-state index in [1.807, 2.05) is 11.8 Å². The molecule has 0 spiro atoms. The lowest BCUT2D eigenvalue weighted by Gasteiger charge is -2.29. The molecule has 0 saturated carbocycles. The van der Waals surface area contributed by atoms with E-state index in [2.05, 4.69) is 28.2 Å². The third-order valence-electron chi connectivity index (χ3n) is 3.17. The lowest BCUT2D eigenvalue weighted by molar-refractivity contribution is 0.461. The summed E-state index contributed by atoms with van der Waals surface area (Å²) in [5.74, 6) is 1.10. The summed E-state index contributed by atoms with van der Waals surface area (Å²) < 4.78 is 14.1. The third-order valence-corrected chi connectivity index (χ3v) is 5.32. The Morgan fingerprint density at radius 2 is 2.35 bits per heavy atom. The van der Waals surface area contributed by atoms with E-state index < -0.39 is 0 Å². The molecule has 94 valence electrons. The first-order chi connectivity index (χ1) is 8.16. The van der Waals surface area contributed by atoms with Crippen molar-refractivity contribution in [3.63, 3.8) is 0 Å². The summed E-state index contributed by atoms with van der Waals surface area (Å²) in [6.07, 6.45) is 2.50. The molecular formula is C13H17BrFNS. The third kappa shape index (κ3) is 3.70. The Kier molecular flexibility index (Phi) is 4.88. The van der Waals surface area contributed by atoms with Crippen molar-refractivity contribution >= 4 is 27.7 Å². The van der Waals surface area contributed by atoms with Crippen molar-refractivity contribution < 1.29 is 4.39 Å². The fourth-order valence-electron chi connectivity index (χ4n) is 2.11. The first-order valence-corrected chi connectivity index (χ1v) is 7.80. The van der Waals surface area contributed by atoms with E-state index in [9.17, 15) is 4.39 Å². The number of hydrogen-bond donors (Lipinski definition) is 1. The second-order valence-electron chi connectivity index (χ2n) is 4.44. The second-order valence-corrected chi connectivity index (χ2v) is 6.78. The fraction of sp³-hybridized carbons (Fsp3) is 0.538. The standard InChI is InChI=1S/C13H17BrFNS/c1-9-13(3-2-6-17-9)16-8-10-7-11(15)4-5-12(10)14/h4-5,7,9,13,16H,2-3,6,8H2,1H3. The summed E-state index contributed by atoms with van der Waals surface area (Å²) in [4.78, 5) is 0. The number of hydrogen-bond acceptors (Lipinski definition) is 2. The van der Waals surface area contributed by atoms with E-state index in [-0.39, 0.29) is 5.82 Å². The molecule has 1 heterocycles. The van der Waals surface area contributed by atoms with Gasteiger partial charge in [0.05, 0.1) is 0 Å². The molecule has 0 bridgehead atoms.